The lowest BCUT2D eigenvalue weighted by Crippen LogP contribution is -1.98. The van der Waals surface area contributed by atoms with Crippen molar-refractivity contribution < 1.29 is 4.42 Å². The lowest BCUT2D eigenvalue weighted by molar-refractivity contribution is 0.530. The number of nitrogens with two attached hydrogens (primary N) is 1. The molecule has 3 nitrogen and oxygen atoms in total. The SMILES string of the molecule is Cc1cc(=O)cc(-c2ccc(N)cc2)o1. The predicted octanol–water partition coefficient (Wildman–Crippen LogP) is 2.20. The zero-order chi connectivity index (χ0) is 10.8. The molecular formula is C12H11NO2. The third-order valence-electron chi connectivity index (χ3n) is 2.09. The Morgan fingerprint density at radius 1 is 1.13 bits per heavy atom. The Labute approximate surface area is 87.2 Å². The van der Waals surface area contributed by atoms with E-state index in [-0.39, 0.29) is 5.43 Å². The number of aryl methyl sites for hydroxylation is 1. The molecule has 0 aliphatic heterocycles. The molecule has 0 saturated heterocycles. The number of hydrogen-bond donors (Lipinski definition) is 1. The van der Waals surface area contributed by atoms with Crippen molar-refractivity contribution in [2.75, 3.05) is 5.73 Å². The van der Waals surface area contributed by atoms with Gasteiger partial charge in [0.2, 0.25) is 0 Å². The maximum absolute atomic E-state index is 11.3. The first kappa shape index (κ1) is 9.52. The summed E-state index contributed by atoms with van der Waals surface area (Å²) < 4.78 is 5.44. The lowest BCUT2D eigenvalue weighted by atomic mass is 10.1. The molecule has 1 aromatic carbocycles. The minimum atomic E-state index is -0.0504. The normalized spacial score (nSPS) is 10.2. The van der Waals surface area contributed by atoms with Crippen molar-refractivity contribution in [3.8, 4) is 11.3 Å². The molecule has 76 valence electrons. The standard InChI is InChI=1S/C12H11NO2/c1-8-6-11(14)7-12(15-8)9-2-4-10(13)5-3-9/h2-7H,13H2,1H3. The second kappa shape index (κ2) is 3.61. The fourth-order valence-electron chi connectivity index (χ4n) is 1.39. The van der Waals surface area contributed by atoms with Gasteiger partial charge in [-0.15, -0.1) is 0 Å². The topological polar surface area (TPSA) is 56.2 Å². The molecule has 0 bridgehead atoms. The molecule has 0 unspecified atom stereocenters. The molecule has 2 rings (SSSR count). The van der Waals surface area contributed by atoms with E-state index in [1.165, 1.54) is 12.1 Å². The van der Waals surface area contributed by atoms with Crippen LogP contribution in [0.1, 0.15) is 5.76 Å². The van der Waals surface area contributed by atoms with Gasteiger partial charge in [0.1, 0.15) is 11.5 Å². The average molecular weight is 201 g/mol. The molecule has 3 heteroatoms. The maximum atomic E-state index is 11.3. The van der Waals surface area contributed by atoms with Gasteiger partial charge in [-0.3, -0.25) is 4.79 Å². The van der Waals surface area contributed by atoms with Crippen molar-refractivity contribution >= 4 is 5.69 Å². The monoisotopic (exact) mass is 201 g/mol. The van der Waals surface area contributed by atoms with Crippen LogP contribution in [0.2, 0.25) is 0 Å². The number of benzene rings is 1. The van der Waals surface area contributed by atoms with Crippen LogP contribution in [0.15, 0.2) is 45.6 Å². The highest BCUT2D eigenvalue weighted by atomic mass is 16.3. The molecule has 0 saturated carbocycles. The van der Waals surface area contributed by atoms with E-state index in [9.17, 15) is 4.79 Å². The van der Waals surface area contributed by atoms with Gasteiger partial charge in [-0.2, -0.15) is 0 Å². The van der Waals surface area contributed by atoms with Crippen LogP contribution in [0.5, 0.6) is 0 Å². The highest BCUT2D eigenvalue weighted by Gasteiger charge is 2.02. The van der Waals surface area contributed by atoms with Crippen molar-refractivity contribution in [3.05, 3.63) is 52.4 Å². The quantitative estimate of drug-likeness (QED) is 0.719. The van der Waals surface area contributed by atoms with E-state index < -0.39 is 0 Å². The van der Waals surface area contributed by atoms with E-state index >= 15 is 0 Å². The van der Waals surface area contributed by atoms with Gasteiger partial charge in [-0.25, -0.2) is 0 Å². The van der Waals surface area contributed by atoms with Gasteiger partial charge in [0, 0.05) is 23.4 Å². The van der Waals surface area contributed by atoms with Crippen molar-refractivity contribution in [3.63, 3.8) is 0 Å². The molecule has 0 atom stereocenters. The molecule has 15 heavy (non-hydrogen) atoms. The van der Waals surface area contributed by atoms with Crippen molar-refractivity contribution in [1.82, 2.24) is 0 Å². The highest BCUT2D eigenvalue weighted by molar-refractivity contribution is 5.60. The van der Waals surface area contributed by atoms with Crippen LogP contribution >= 0.6 is 0 Å². The molecule has 0 aliphatic rings. The third kappa shape index (κ3) is 2.07. The first-order valence-corrected chi connectivity index (χ1v) is 4.63. The molecule has 2 aromatic rings. The van der Waals surface area contributed by atoms with E-state index in [1.54, 1.807) is 19.1 Å². The fourth-order valence-corrected chi connectivity index (χ4v) is 1.39. The summed E-state index contributed by atoms with van der Waals surface area (Å²) in [5.74, 6) is 1.18. The van der Waals surface area contributed by atoms with E-state index in [2.05, 4.69) is 0 Å². The van der Waals surface area contributed by atoms with Gasteiger partial charge in [0.25, 0.3) is 0 Å². The number of hydrogen-bond acceptors (Lipinski definition) is 3. The molecule has 0 amide bonds. The molecular weight excluding hydrogens is 190 g/mol. The van der Waals surface area contributed by atoms with Gasteiger partial charge in [0.15, 0.2) is 5.43 Å². The predicted molar refractivity (Wildman–Crippen MR) is 59.6 cm³/mol. The Balaban J connectivity index is 2.54. The Hall–Kier alpha value is -2.03. The zero-order valence-corrected chi connectivity index (χ0v) is 8.36. The van der Waals surface area contributed by atoms with E-state index in [4.69, 9.17) is 10.2 Å². The first-order valence-electron chi connectivity index (χ1n) is 4.63. The van der Waals surface area contributed by atoms with Crippen LogP contribution in [-0.2, 0) is 0 Å². The highest BCUT2D eigenvalue weighted by Crippen LogP contribution is 2.19. The van der Waals surface area contributed by atoms with Crippen molar-refractivity contribution in [2.45, 2.75) is 6.92 Å². The molecule has 1 aromatic heterocycles. The largest absolute Gasteiger partial charge is 0.461 e. The minimum Gasteiger partial charge on any atom is -0.461 e. The Morgan fingerprint density at radius 2 is 1.80 bits per heavy atom. The first-order chi connectivity index (χ1) is 7.15. The van der Waals surface area contributed by atoms with Crippen LogP contribution in [0.4, 0.5) is 5.69 Å². The van der Waals surface area contributed by atoms with Gasteiger partial charge < -0.3 is 10.2 Å². The van der Waals surface area contributed by atoms with Crippen LogP contribution in [-0.4, -0.2) is 0 Å². The second-order valence-electron chi connectivity index (χ2n) is 3.39. The summed E-state index contributed by atoms with van der Waals surface area (Å²) in [5, 5.41) is 0. The number of anilines is 1. The van der Waals surface area contributed by atoms with Crippen LogP contribution in [0.25, 0.3) is 11.3 Å². The lowest BCUT2D eigenvalue weighted by Gasteiger charge is -2.01. The zero-order valence-electron chi connectivity index (χ0n) is 8.36. The molecule has 1 heterocycles. The Morgan fingerprint density at radius 3 is 2.40 bits per heavy atom. The molecule has 0 radical (unpaired) electrons. The van der Waals surface area contributed by atoms with E-state index in [0.717, 1.165) is 5.56 Å². The van der Waals surface area contributed by atoms with Crippen LogP contribution < -0.4 is 11.2 Å². The summed E-state index contributed by atoms with van der Waals surface area (Å²) in [6, 6.07) is 10.1. The van der Waals surface area contributed by atoms with E-state index in [0.29, 0.717) is 17.2 Å². The average Bonchev–Trinajstić information content (AvgIpc) is 2.17. The summed E-state index contributed by atoms with van der Waals surface area (Å²) in [6.45, 7) is 1.75. The van der Waals surface area contributed by atoms with Gasteiger partial charge in [-0.05, 0) is 31.2 Å². The maximum Gasteiger partial charge on any atom is 0.185 e. The number of nitrogen functional groups attached to an aromatic ring is 1. The summed E-state index contributed by atoms with van der Waals surface area (Å²) in [6.07, 6.45) is 0. The Bertz CT molecular complexity index is 526. The van der Waals surface area contributed by atoms with Crippen molar-refractivity contribution in [2.24, 2.45) is 0 Å². The summed E-state index contributed by atoms with van der Waals surface area (Å²) in [4.78, 5) is 11.3. The smallest absolute Gasteiger partial charge is 0.185 e. The number of rotatable bonds is 1. The Kier molecular flexibility index (Phi) is 2.29. The molecule has 0 spiro atoms. The van der Waals surface area contributed by atoms with Gasteiger partial charge in [0.05, 0.1) is 0 Å². The second-order valence-corrected chi connectivity index (χ2v) is 3.39. The summed E-state index contributed by atoms with van der Waals surface area (Å²) in [5.41, 5.74) is 7.06. The fraction of sp³-hybridized carbons (Fsp3) is 0.0833. The molecule has 2 N–H and O–H groups in total. The minimum absolute atomic E-state index is 0.0504. The van der Waals surface area contributed by atoms with Gasteiger partial charge in [-0.1, -0.05) is 0 Å². The van der Waals surface area contributed by atoms with Gasteiger partial charge >= 0.3 is 0 Å². The molecule has 0 fully saturated rings. The van der Waals surface area contributed by atoms with E-state index in [1.807, 2.05) is 12.1 Å². The summed E-state index contributed by atoms with van der Waals surface area (Å²) in [7, 11) is 0. The van der Waals surface area contributed by atoms with Crippen molar-refractivity contribution in [1.29, 1.82) is 0 Å². The van der Waals surface area contributed by atoms with Crippen LogP contribution in [0, 0.1) is 6.92 Å². The summed E-state index contributed by atoms with van der Waals surface area (Å²) >= 11 is 0. The third-order valence-corrected chi connectivity index (χ3v) is 2.09. The van der Waals surface area contributed by atoms with Crippen LogP contribution in [0.3, 0.4) is 0 Å². The molecule has 0 aliphatic carbocycles.